The van der Waals surface area contributed by atoms with Crippen molar-refractivity contribution in [3.05, 3.63) is 24.3 Å². The molecule has 0 unspecified atom stereocenters. The molecule has 4 heteroatoms. The topological polar surface area (TPSA) is 52.6 Å². The fraction of sp³-hybridized carbons (Fsp3) is 0.700. The molecule has 0 aromatic rings. The van der Waals surface area contributed by atoms with E-state index in [2.05, 4.69) is 12.2 Å². The highest BCUT2D eigenvalue weighted by atomic mass is 16.5. The molecule has 0 amide bonds. The van der Waals surface area contributed by atoms with Crippen LogP contribution >= 0.6 is 0 Å². The van der Waals surface area contributed by atoms with Crippen LogP contribution in [0.2, 0.25) is 0 Å². The lowest BCUT2D eigenvalue weighted by molar-refractivity contribution is -0.150. The Kier molecular flexibility index (Phi) is 16.6. The van der Waals surface area contributed by atoms with Crippen LogP contribution in [0, 0.1) is 0 Å². The zero-order valence-corrected chi connectivity index (χ0v) is 15.4. The highest BCUT2D eigenvalue weighted by Gasteiger charge is 2.08. The minimum atomic E-state index is -0.313. The Morgan fingerprint density at radius 3 is 1.46 bits per heavy atom. The van der Waals surface area contributed by atoms with E-state index in [9.17, 15) is 9.59 Å². The Morgan fingerprint density at radius 2 is 1.08 bits per heavy atom. The quantitative estimate of drug-likeness (QED) is 0.236. The van der Waals surface area contributed by atoms with Crippen LogP contribution in [0.1, 0.15) is 78.1 Å². The van der Waals surface area contributed by atoms with Crippen molar-refractivity contribution in [2.75, 3.05) is 13.2 Å². The predicted molar refractivity (Wildman–Crippen MR) is 97.7 cm³/mol. The molecule has 0 N–H and O–H groups in total. The summed E-state index contributed by atoms with van der Waals surface area (Å²) < 4.78 is 10.2. The first-order chi connectivity index (χ1) is 11.7. The first-order valence-electron chi connectivity index (χ1n) is 9.24. The van der Waals surface area contributed by atoms with E-state index >= 15 is 0 Å². The van der Waals surface area contributed by atoms with Gasteiger partial charge in [-0.15, -0.1) is 0 Å². The molecule has 24 heavy (non-hydrogen) atoms. The number of ether oxygens (including phenoxy) is 2. The largest absolute Gasteiger partial charge is 0.466 e. The third-order valence-electron chi connectivity index (χ3n) is 3.56. The standard InChI is InChI=1S/C20H34O4/c1-3-5-7-9-11-13-17-23-19(21)15-16-20(22)24-18-14-12-10-8-6-4-2/h3-6H,7-18H2,1-2H3/b5-3+,6-4+. The van der Waals surface area contributed by atoms with Crippen molar-refractivity contribution in [3.8, 4) is 0 Å². The van der Waals surface area contributed by atoms with Gasteiger partial charge in [-0.05, 0) is 65.2 Å². The van der Waals surface area contributed by atoms with E-state index in [1.54, 1.807) is 0 Å². The van der Waals surface area contributed by atoms with Crippen molar-refractivity contribution in [2.45, 2.75) is 78.1 Å². The average molecular weight is 338 g/mol. The van der Waals surface area contributed by atoms with Gasteiger partial charge in [-0.2, -0.15) is 0 Å². The minimum Gasteiger partial charge on any atom is -0.466 e. The van der Waals surface area contributed by atoms with Gasteiger partial charge in [0, 0.05) is 0 Å². The highest BCUT2D eigenvalue weighted by Crippen LogP contribution is 2.04. The Hall–Kier alpha value is -1.58. The van der Waals surface area contributed by atoms with E-state index < -0.39 is 0 Å². The predicted octanol–water partition coefficient (Wildman–Crippen LogP) is 5.13. The number of esters is 2. The third-order valence-corrected chi connectivity index (χ3v) is 3.56. The van der Waals surface area contributed by atoms with Crippen LogP contribution in [0.5, 0.6) is 0 Å². The molecule has 0 saturated carbocycles. The average Bonchev–Trinajstić information content (AvgIpc) is 2.58. The monoisotopic (exact) mass is 338 g/mol. The zero-order valence-electron chi connectivity index (χ0n) is 15.4. The van der Waals surface area contributed by atoms with Crippen LogP contribution in [0.4, 0.5) is 0 Å². The van der Waals surface area contributed by atoms with Crippen LogP contribution < -0.4 is 0 Å². The molecule has 0 aliphatic rings. The van der Waals surface area contributed by atoms with Gasteiger partial charge in [0.15, 0.2) is 0 Å². The number of rotatable bonds is 15. The van der Waals surface area contributed by atoms with Gasteiger partial charge < -0.3 is 9.47 Å². The Bertz CT molecular complexity index is 336. The normalized spacial score (nSPS) is 11.2. The molecule has 0 aromatic heterocycles. The second-order valence-electron chi connectivity index (χ2n) is 5.78. The number of carbonyl (C=O) groups is 2. The number of allylic oxidation sites excluding steroid dienone is 4. The first kappa shape index (κ1) is 22.4. The van der Waals surface area contributed by atoms with Gasteiger partial charge in [0.25, 0.3) is 0 Å². The van der Waals surface area contributed by atoms with Gasteiger partial charge in [-0.3, -0.25) is 9.59 Å². The number of hydrogen-bond acceptors (Lipinski definition) is 4. The maximum atomic E-state index is 11.5. The second-order valence-corrected chi connectivity index (χ2v) is 5.78. The summed E-state index contributed by atoms with van der Waals surface area (Å²) in [4.78, 5) is 23.0. The van der Waals surface area contributed by atoms with Gasteiger partial charge in [-0.25, -0.2) is 0 Å². The smallest absolute Gasteiger partial charge is 0.306 e. The summed E-state index contributed by atoms with van der Waals surface area (Å²) >= 11 is 0. The maximum absolute atomic E-state index is 11.5. The SMILES string of the molecule is C/C=C/CCCCCOC(=O)CCC(=O)OCCCCC/C=C/C. The molecule has 0 saturated heterocycles. The molecule has 0 spiro atoms. The first-order valence-corrected chi connectivity index (χ1v) is 9.24. The van der Waals surface area contributed by atoms with Gasteiger partial charge in [0.1, 0.15) is 0 Å². The van der Waals surface area contributed by atoms with Crippen LogP contribution in [0.25, 0.3) is 0 Å². The summed E-state index contributed by atoms with van der Waals surface area (Å²) in [5.41, 5.74) is 0. The summed E-state index contributed by atoms with van der Waals surface area (Å²) in [7, 11) is 0. The summed E-state index contributed by atoms with van der Waals surface area (Å²) in [5, 5.41) is 0. The van der Waals surface area contributed by atoms with Crippen molar-refractivity contribution >= 4 is 11.9 Å². The van der Waals surface area contributed by atoms with Gasteiger partial charge >= 0.3 is 11.9 Å². The zero-order chi connectivity index (χ0) is 17.9. The van der Waals surface area contributed by atoms with Crippen molar-refractivity contribution in [2.24, 2.45) is 0 Å². The molecule has 138 valence electrons. The van der Waals surface area contributed by atoms with Crippen molar-refractivity contribution in [3.63, 3.8) is 0 Å². The molecular formula is C20H34O4. The second kappa shape index (κ2) is 17.8. The molecule has 0 fully saturated rings. The van der Waals surface area contributed by atoms with Crippen molar-refractivity contribution < 1.29 is 19.1 Å². The molecule has 0 aliphatic carbocycles. The molecule has 0 bridgehead atoms. The molecule has 0 heterocycles. The van der Waals surface area contributed by atoms with E-state index in [4.69, 9.17) is 9.47 Å². The molecule has 0 radical (unpaired) electrons. The Morgan fingerprint density at radius 1 is 0.667 bits per heavy atom. The maximum Gasteiger partial charge on any atom is 0.306 e. The van der Waals surface area contributed by atoms with E-state index in [1.807, 2.05) is 26.0 Å². The lowest BCUT2D eigenvalue weighted by Gasteiger charge is -2.06. The molecule has 0 rings (SSSR count). The lowest BCUT2D eigenvalue weighted by atomic mass is 10.2. The van der Waals surface area contributed by atoms with E-state index in [1.165, 1.54) is 0 Å². The summed E-state index contributed by atoms with van der Waals surface area (Å²) in [6, 6.07) is 0. The number of unbranched alkanes of at least 4 members (excludes halogenated alkanes) is 6. The van der Waals surface area contributed by atoms with Gasteiger partial charge in [-0.1, -0.05) is 24.3 Å². The summed E-state index contributed by atoms with van der Waals surface area (Å²) in [6.07, 6.45) is 16.8. The Labute approximate surface area is 147 Å². The van der Waals surface area contributed by atoms with Crippen LogP contribution in [0.3, 0.4) is 0 Å². The van der Waals surface area contributed by atoms with Crippen molar-refractivity contribution in [1.29, 1.82) is 0 Å². The van der Waals surface area contributed by atoms with E-state index in [-0.39, 0.29) is 24.8 Å². The molecular weight excluding hydrogens is 304 g/mol. The molecule has 0 atom stereocenters. The van der Waals surface area contributed by atoms with E-state index in [0.717, 1.165) is 51.4 Å². The third kappa shape index (κ3) is 16.8. The highest BCUT2D eigenvalue weighted by molar-refractivity contribution is 5.77. The summed E-state index contributed by atoms with van der Waals surface area (Å²) in [6.45, 7) is 4.90. The minimum absolute atomic E-state index is 0.110. The molecule has 0 aromatic carbocycles. The van der Waals surface area contributed by atoms with Crippen LogP contribution in [-0.4, -0.2) is 25.2 Å². The van der Waals surface area contributed by atoms with Crippen LogP contribution in [-0.2, 0) is 19.1 Å². The van der Waals surface area contributed by atoms with Crippen LogP contribution in [0.15, 0.2) is 24.3 Å². The number of carbonyl (C=O) groups excluding carboxylic acids is 2. The lowest BCUT2D eigenvalue weighted by Crippen LogP contribution is -2.11. The Balaban J connectivity index is 3.40. The van der Waals surface area contributed by atoms with Gasteiger partial charge in [0.2, 0.25) is 0 Å². The van der Waals surface area contributed by atoms with Crippen molar-refractivity contribution in [1.82, 2.24) is 0 Å². The fourth-order valence-electron chi connectivity index (χ4n) is 2.14. The summed E-state index contributed by atoms with van der Waals surface area (Å²) in [5.74, 6) is -0.626. The fourth-order valence-corrected chi connectivity index (χ4v) is 2.14. The molecule has 4 nitrogen and oxygen atoms in total. The molecule has 0 aliphatic heterocycles. The van der Waals surface area contributed by atoms with Gasteiger partial charge in [0.05, 0.1) is 26.1 Å². The van der Waals surface area contributed by atoms with E-state index in [0.29, 0.717) is 13.2 Å². The number of hydrogen-bond donors (Lipinski definition) is 0.